The van der Waals surface area contributed by atoms with Gasteiger partial charge >= 0.3 is 0 Å². The second-order valence-corrected chi connectivity index (χ2v) is 3.76. The zero-order valence-corrected chi connectivity index (χ0v) is 9.81. The van der Waals surface area contributed by atoms with Crippen molar-refractivity contribution >= 4 is 6.29 Å². The van der Waals surface area contributed by atoms with Gasteiger partial charge in [0.15, 0.2) is 0 Å². The van der Waals surface area contributed by atoms with Crippen molar-refractivity contribution in [3.05, 3.63) is 47.8 Å². The van der Waals surface area contributed by atoms with Crippen molar-refractivity contribution in [3.63, 3.8) is 0 Å². The highest BCUT2D eigenvalue weighted by molar-refractivity contribution is 5.81. The largest absolute Gasteiger partial charge is 0.496 e. The van der Waals surface area contributed by atoms with E-state index >= 15 is 0 Å². The van der Waals surface area contributed by atoms with Gasteiger partial charge in [0.05, 0.1) is 7.11 Å². The normalized spacial score (nSPS) is 10.0. The van der Waals surface area contributed by atoms with E-state index in [2.05, 4.69) is 4.98 Å². The molecule has 0 saturated heterocycles. The van der Waals surface area contributed by atoms with Gasteiger partial charge in [0.25, 0.3) is 0 Å². The van der Waals surface area contributed by atoms with E-state index in [0.717, 1.165) is 28.9 Å². The molecule has 2 aromatic rings. The molecule has 17 heavy (non-hydrogen) atoms. The summed E-state index contributed by atoms with van der Waals surface area (Å²) >= 11 is 0. The van der Waals surface area contributed by atoms with Gasteiger partial charge in [-0.2, -0.15) is 0 Å². The first-order valence-electron chi connectivity index (χ1n) is 5.31. The molecule has 0 atom stereocenters. The number of pyridine rings is 1. The van der Waals surface area contributed by atoms with Gasteiger partial charge in [-0.05, 0) is 42.8 Å². The zero-order chi connectivity index (χ0) is 12.3. The smallest absolute Gasteiger partial charge is 0.150 e. The van der Waals surface area contributed by atoms with E-state index in [1.54, 1.807) is 25.4 Å². The van der Waals surface area contributed by atoms with Crippen molar-refractivity contribution in [1.29, 1.82) is 0 Å². The van der Waals surface area contributed by atoms with E-state index in [1.165, 1.54) is 0 Å². The molecule has 0 bridgehead atoms. The van der Waals surface area contributed by atoms with Crippen LogP contribution < -0.4 is 4.74 Å². The van der Waals surface area contributed by atoms with Crippen molar-refractivity contribution in [3.8, 4) is 16.9 Å². The topological polar surface area (TPSA) is 39.2 Å². The lowest BCUT2D eigenvalue weighted by Crippen LogP contribution is -1.91. The highest BCUT2D eigenvalue weighted by Gasteiger charge is 2.07. The molecule has 1 heterocycles. The number of carbonyl (C=O) groups is 1. The summed E-state index contributed by atoms with van der Waals surface area (Å²) in [7, 11) is 1.62. The first-order chi connectivity index (χ1) is 8.24. The molecule has 0 radical (unpaired) electrons. The first kappa shape index (κ1) is 11.3. The molecule has 86 valence electrons. The van der Waals surface area contributed by atoms with Crippen LogP contribution in [0.3, 0.4) is 0 Å². The third-order valence-electron chi connectivity index (χ3n) is 2.57. The van der Waals surface area contributed by atoms with Gasteiger partial charge in [-0.15, -0.1) is 0 Å². The maximum absolute atomic E-state index is 10.8. The van der Waals surface area contributed by atoms with Crippen molar-refractivity contribution in [1.82, 2.24) is 4.98 Å². The monoisotopic (exact) mass is 227 g/mol. The number of rotatable bonds is 3. The van der Waals surface area contributed by atoms with E-state index in [1.807, 2.05) is 25.1 Å². The summed E-state index contributed by atoms with van der Waals surface area (Å²) in [5, 5.41) is 0. The minimum atomic E-state index is 0.635. The Morgan fingerprint density at radius 1 is 1.24 bits per heavy atom. The van der Waals surface area contributed by atoms with Crippen LogP contribution in [0.1, 0.15) is 16.1 Å². The fraction of sp³-hybridized carbons (Fsp3) is 0.143. The summed E-state index contributed by atoms with van der Waals surface area (Å²) in [5.41, 5.74) is 3.47. The van der Waals surface area contributed by atoms with Crippen molar-refractivity contribution in [2.75, 3.05) is 7.11 Å². The van der Waals surface area contributed by atoms with Gasteiger partial charge in [0.1, 0.15) is 12.0 Å². The molecule has 3 heteroatoms. The van der Waals surface area contributed by atoms with Gasteiger partial charge in [-0.25, -0.2) is 0 Å². The fourth-order valence-electron chi connectivity index (χ4n) is 1.74. The van der Waals surface area contributed by atoms with E-state index in [-0.39, 0.29) is 0 Å². The van der Waals surface area contributed by atoms with Crippen LogP contribution in [0.4, 0.5) is 0 Å². The molecule has 0 N–H and O–H groups in total. The summed E-state index contributed by atoms with van der Waals surface area (Å²) in [6.07, 6.45) is 2.58. The Balaban J connectivity index is 2.59. The average molecular weight is 227 g/mol. The number of hydrogen-bond donors (Lipinski definition) is 0. The SMILES string of the molecule is COc1ccc(C=O)cc1-c1ccnc(C)c1. The summed E-state index contributed by atoms with van der Waals surface area (Å²) in [6, 6.07) is 9.23. The Morgan fingerprint density at radius 2 is 2.06 bits per heavy atom. The van der Waals surface area contributed by atoms with E-state index in [0.29, 0.717) is 5.56 Å². The number of carbonyl (C=O) groups excluding carboxylic acids is 1. The molecule has 0 aliphatic carbocycles. The van der Waals surface area contributed by atoms with Crippen molar-refractivity contribution < 1.29 is 9.53 Å². The van der Waals surface area contributed by atoms with E-state index < -0.39 is 0 Å². The number of methoxy groups -OCH3 is 1. The van der Waals surface area contributed by atoms with Crippen LogP contribution in [-0.4, -0.2) is 18.4 Å². The molecular weight excluding hydrogens is 214 g/mol. The quantitative estimate of drug-likeness (QED) is 0.757. The second-order valence-electron chi connectivity index (χ2n) is 3.76. The van der Waals surface area contributed by atoms with Gasteiger partial charge in [-0.1, -0.05) is 0 Å². The maximum Gasteiger partial charge on any atom is 0.150 e. The number of ether oxygens (including phenoxy) is 1. The minimum absolute atomic E-state index is 0.635. The van der Waals surface area contributed by atoms with Gasteiger partial charge in [0, 0.05) is 23.0 Å². The summed E-state index contributed by atoms with van der Waals surface area (Å²) < 4.78 is 5.30. The predicted octanol–water partition coefficient (Wildman–Crippen LogP) is 2.88. The molecule has 3 nitrogen and oxygen atoms in total. The summed E-state index contributed by atoms with van der Waals surface area (Å²) in [5.74, 6) is 0.751. The van der Waals surface area contributed by atoms with Gasteiger partial charge in [-0.3, -0.25) is 9.78 Å². The Kier molecular flexibility index (Phi) is 3.19. The van der Waals surface area contributed by atoms with Crippen LogP contribution in [0, 0.1) is 6.92 Å². The molecule has 0 fully saturated rings. The Labute approximate surface area is 100 Å². The molecule has 0 amide bonds. The number of nitrogens with zero attached hydrogens (tertiary/aromatic N) is 1. The third kappa shape index (κ3) is 2.33. The summed E-state index contributed by atoms with van der Waals surface area (Å²) in [6.45, 7) is 1.93. The molecule has 0 unspecified atom stereocenters. The van der Waals surface area contributed by atoms with Gasteiger partial charge in [0.2, 0.25) is 0 Å². The van der Waals surface area contributed by atoms with E-state index in [4.69, 9.17) is 4.74 Å². The number of benzene rings is 1. The third-order valence-corrected chi connectivity index (χ3v) is 2.57. The second kappa shape index (κ2) is 4.78. The van der Waals surface area contributed by atoms with Crippen LogP contribution in [-0.2, 0) is 0 Å². The Hall–Kier alpha value is -2.16. The Bertz CT molecular complexity index is 550. The fourth-order valence-corrected chi connectivity index (χ4v) is 1.74. The molecule has 0 saturated carbocycles. The highest BCUT2D eigenvalue weighted by atomic mass is 16.5. The first-order valence-corrected chi connectivity index (χ1v) is 5.31. The van der Waals surface area contributed by atoms with Crippen LogP contribution in [0.2, 0.25) is 0 Å². The number of aldehydes is 1. The highest BCUT2D eigenvalue weighted by Crippen LogP contribution is 2.30. The average Bonchev–Trinajstić information content (AvgIpc) is 2.38. The van der Waals surface area contributed by atoms with Crippen LogP contribution >= 0.6 is 0 Å². The minimum Gasteiger partial charge on any atom is -0.496 e. The van der Waals surface area contributed by atoms with Crippen LogP contribution in [0.15, 0.2) is 36.5 Å². The number of hydrogen-bond acceptors (Lipinski definition) is 3. The molecule has 0 aliphatic heterocycles. The zero-order valence-electron chi connectivity index (χ0n) is 9.81. The van der Waals surface area contributed by atoms with Gasteiger partial charge < -0.3 is 4.74 Å². The van der Waals surface area contributed by atoms with Crippen LogP contribution in [0.25, 0.3) is 11.1 Å². The number of aromatic nitrogens is 1. The Morgan fingerprint density at radius 3 is 2.71 bits per heavy atom. The molecule has 2 rings (SSSR count). The van der Waals surface area contributed by atoms with Crippen LogP contribution in [0.5, 0.6) is 5.75 Å². The standard InChI is InChI=1S/C14H13NO2/c1-10-7-12(5-6-15-10)13-8-11(9-16)3-4-14(13)17-2/h3-9H,1-2H3. The molecule has 0 aliphatic rings. The van der Waals surface area contributed by atoms with E-state index in [9.17, 15) is 4.79 Å². The molecule has 1 aromatic heterocycles. The summed E-state index contributed by atoms with van der Waals surface area (Å²) in [4.78, 5) is 15.0. The van der Waals surface area contributed by atoms with Crippen molar-refractivity contribution in [2.24, 2.45) is 0 Å². The molecule has 1 aromatic carbocycles. The van der Waals surface area contributed by atoms with Crippen molar-refractivity contribution in [2.45, 2.75) is 6.92 Å². The molecule has 0 spiro atoms. The lowest BCUT2D eigenvalue weighted by atomic mass is 10.0. The molecular formula is C14H13NO2. The lowest BCUT2D eigenvalue weighted by Gasteiger charge is -2.09. The maximum atomic E-state index is 10.8. The number of aryl methyl sites for hydroxylation is 1. The predicted molar refractivity (Wildman–Crippen MR) is 66.3 cm³/mol. The lowest BCUT2D eigenvalue weighted by molar-refractivity contribution is 0.112.